The minimum atomic E-state index is -1.35. The molecule has 0 spiro atoms. The van der Waals surface area contributed by atoms with Crippen molar-refractivity contribution >= 4 is 23.3 Å². The molecule has 1 amide bonds. The lowest BCUT2D eigenvalue weighted by atomic mass is 10.1. The lowest BCUT2D eigenvalue weighted by Crippen LogP contribution is -2.22. The quantitative estimate of drug-likeness (QED) is 0.541. The number of nitro groups is 1. The number of carbonyl (C=O) groups excluding carboxylic acids is 1. The Morgan fingerprint density at radius 1 is 1.53 bits per heavy atom. The summed E-state index contributed by atoms with van der Waals surface area (Å²) in [6.45, 7) is 0.438. The van der Waals surface area contributed by atoms with Crippen LogP contribution in [0.2, 0.25) is 0 Å². The first kappa shape index (κ1) is 12.8. The number of nitrogens with one attached hydrogen (secondary N) is 2. The van der Waals surface area contributed by atoms with Crippen molar-refractivity contribution in [2.75, 3.05) is 11.9 Å². The van der Waals surface area contributed by atoms with Gasteiger partial charge < -0.3 is 15.7 Å². The maximum Gasteiger partial charge on any atom is 0.342 e. The van der Waals surface area contributed by atoms with Crippen molar-refractivity contribution in [2.45, 2.75) is 12.5 Å². The van der Waals surface area contributed by atoms with Crippen molar-refractivity contribution in [1.29, 1.82) is 0 Å². The summed E-state index contributed by atoms with van der Waals surface area (Å²) >= 11 is 0. The Hall–Kier alpha value is -2.64. The standard InChI is InChI=1S/C11H11N3O5/c15-10-4-7(5-12-10)13-6-1-2-8(11(16)17)9(3-6)14(18)19/h1-3,7,13H,4-5H2,(H,12,15)(H,16,17). The number of carboxylic acid groups (broad SMARTS) is 1. The van der Waals surface area contributed by atoms with Gasteiger partial charge in [-0.25, -0.2) is 4.79 Å². The second-order valence-corrected chi connectivity index (χ2v) is 4.14. The zero-order valence-electron chi connectivity index (χ0n) is 9.75. The first-order valence-corrected chi connectivity index (χ1v) is 5.52. The Morgan fingerprint density at radius 2 is 2.26 bits per heavy atom. The normalized spacial score (nSPS) is 17.9. The van der Waals surface area contributed by atoms with E-state index in [-0.39, 0.29) is 23.9 Å². The van der Waals surface area contributed by atoms with Crippen molar-refractivity contribution < 1.29 is 19.6 Å². The molecule has 0 bridgehead atoms. The third kappa shape index (κ3) is 2.79. The molecule has 2 rings (SSSR count). The Balaban J connectivity index is 2.23. The van der Waals surface area contributed by atoms with Crippen molar-refractivity contribution in [3.05, 3.63) is 33.9 Å². The van der Waals surface area contributed by atoms with E-state index < -0.39 is 16.6 Å². The van der Waals surface area contributed by atoms with Crippen LogP contribution in [0.5, 0.6) is 0 Å². The molecule has 19 heavy (non-hydrogen) atoms. The molecule has 1 unspecified atom stereocenters. The highest BCUT2D eigenvalue weighted by Crippen LogP contribution is 2.24. The summed E-state index contributed by atoms with van der Waals surface area (Å²) in [5.74, 6) is -1.44. The molecular weight excluding hydrogens is 254 g/mol. The predicted octanol–water partition coefficient (Wildman–Crippen LogP) is 0.593. The summed E-state index contributed by atoms with van der Waals surface area (Å²) in [5, 5.41) is 25.2. The second-order valence-electron chi connectivity index (χ2n) is 4.14. The van der Waals surface area contributed by atoms with Crippen molar-refractivity contribution in [2.24, 2.45) is 0 Å². The summed E-state index contributed by atoms with van der Waals surface area (Å²) in [6.07, 6.45) is 0.286. The van der Waals surface area contributed by atoms with Crippen LogP contribution in [-0.4, -0.2) is 34.5 Å². The topological polar surface area (TPSA) is 122 Å². The molecule has 100 valence electrons. The molecule has 0 radical (unpaired) electrons. The average molecular weight is 265 g/mol. The van der Waals surface area contributed by atoms with E-state index >= 15 is 0 Å². The van der Waals surface area contributed by atoms with Gasteiger partial charge in [0, 0.05) is 24.7 Å². The zero-order chi connectivity index (χ0) is 14.0. The molecule has 1 fully saturated rings. The first-order chi connectivity index (χ1) is 8.97. The number of hydrogen-bond donors (Lipinski definition) is 3. The van der Waals surface area contributed by atoms with Crippen LogP contribution in [0.25, 0.3) is 0 Å². The highest BCUT2D eigenvalue weighted by Gasteiger charge is 2.24. The maximum absolute atomic E-state index is 11.0. The summed E-state index contributed by atoms with van der Waals surface area (Å²) in [6, 6.07) is 3.63. The molecule has 0 aliphatic carbocycles. The molecule has 8 nitrogen and oxygen atoms in total. The molecule has 1 atom stereocenters. The molecule has 1 saturated heterocycles. The van der Waals surface area contributed by atoms with Gasteiger partial charge in [0.15, 0.2) is 0 Å². The third-order valence-electron chi connectivity index (χ3n) is 2.77. The molecule has 1 aromatic carbocycles. The number of amides is 1. The number of carboxylic acids is 1. The molecule has 0 aromatic heterocycles. The van der Waals surface area contributed by atoms with Gasteiger partial charge in [0.2, 0.25) is 5.91 Å². The fourth-order valence-electron chi connectivity index (χ4n) is 1.90. The van der Waals surface area contributed by atoms with Crippen LogP contribution in [0, 0.1) is 10.1 Å². The van der Waals surface area contributed by atoms with E-state index in [9.17, 15) is 19.7 Å². The number of hydrogen-bond acceptors (Lipinski definition) is 5. The van der Waals surface area contributed by atoms with Crippen molar-refractivity contribution in [3.63, 3.8) is 0 Å². The molecule has 0 saturated carbocycles. The minimum Gasteiger partial charge on any atom is -0.477 e. The van der Waals surface area contributed by atoms with Crippen LogP contribution in [0.4, 0.5) is 11.4 Å². The highest BCUT2D eigenvalue weighted by atomic mass is 16.6. The van der Waals surface area contributed by atoms with Gasteiger partial charge in [-0.3, -0.25) is 14.9 Å². The largest absolute Gasteiger partial charge is 0.477 e. The van der Waals surface area contributed by atoms with Gasteiger partial charge in [0.25, 0.3) is 5.69 Å². The number of carbonyl (C=O) groups is 2. The maximum atomic E-state index is 11.0. The van der Waals surface area contributed by atoms with Gasteiger partial charge in [-0.15, -0.1) is 0 Å². The Bertz CT molecular complexity index is 557. The van der Waals surface area contributed by atoms with Crippen LogP contribution in [-0.2, 0) is 4.79 Å². The highest BCUT2D eigenvalue weighted by molar-refractivity contribution is 5.93. The molecule has 1 heterocycles. The van der Waals surface area contributed by atoms with E-state index in [1.807, 2.05) is 0 Å². The number of aromatic carboxylic acids is 1. The van der Waals surface area contributed by atoms with Crippen LogP contribution in [0.3, 0.4) is 0 Å². The van der Waals surface area contributed by atoms with E-state index in [1.165, 1.54) is 12.1 Å². The Kier molecular flexibility index (Phi) is 3.32. The Morgan fingerprint density at radius 3 is 2.79 bits per heavy atom. The van der Waals surface area contributed by atoms with Gasteiger partial charge in [0.1, 0.15) is 5.56 Å². The average Bonchev–Trinajstić information content (AvgIpc) is 2.74. The fourth-order valence-corrected chi connectivity index (χ4v) is 1.90. The molecule has 1 aliphatic rings. The SMILES string of the molecule is O=C1CC(Nc2ccc(C(=O)O)c([N+](=O)[O-])c2)CN1. The summed E-state index contributed by atoms with van der Waals surface area (Å²) < 4.78 is 0. The smallest absolute Gasteiger partial charge is 0.342 e. The van der Waals surface area contributed by atoms with E-state index in [0.29, 0.717) is 12.2 Å². The van der Waals surface area contributed by atoms with E-state index in [0.717, 1.165) is 6.07 Å². The monoisotopic (exact) mass is 265 g/mol. The lowest BCUT2D eigenvalue weighted by molar-refractivity contribution is -0.385. The first-order valence-electron chi connectivity index (χ1n) is 5.52. The predicted molar refractivity (Wildman–Crippen MR) is 65.1 cm³/mol. The molecule has 3 N–H and O–H groups in total. The van der Waals surface area contributed by atoms with Gasteiger partial charge in [-0.1, -0.05) is 0 Å². The van der Waals surface area contributed by atoms with Crippen molar-refractivity contribution in [3.8, 4) is 0 Å². The molecular formula is C11H11N3O5. The summed E-state index contributed by atoms with van der Waals surface area (Å²) in [4.78, 5) is 31.9. The zero-order valence-corrected chi connectivity index (χ0v) is 9.75. The van der Waals surface area contributed by atoms with Gasteiger partial charge >= 0.3 is 5.97 Å². The van der Waals surface area contributed by atoms with E-state index in [2.05, 4.69) is 10.6 Å². The van der Waals surface area contributed by atoms with Gasteiger partial charge in [-0.2, -0.15) is 0 Å². The Labute approximate surface area is 107 Å². The van der Waals surface area contributed by atoms with E-state index in [4.69, 9.17) is 5.11 Å². The minimum absolute atomic E-state index is 0.0887. The van der Waals surface area contributed by atoms with Crippen LogP contribution in [0.15, 0.2) is 18.2 Å². The van der Waals surface area contributed by atoms with E-state index in [1.54, 1.807) is 0 Å². The van der Waals surface area contributed by atoms with Gasteiger partial charge in [0.05, 0.1) is 11.0 Å². The molecule has 1 aromatic rings. The van der Waals surface area contributed by atoms with Crippen molar-refractivity contribution in [1.82, 2.24) is 5.32 Å². The third-order valence-corrected chi connectivity index (χ3v) is 2.77. The lowest BCUT2D eigenvalue weighted by Gasteiger charge is -2.12. The summed E-state index contributed by atoms with van der Waals surface area (Å²) in [7, 11) is 0. The van der Waals surface area contributed by atoms with Crippen LogP contribution in [0.1, 0.15) is 16.8 Å². The summed E-state index contributed by atoms with van der Waals surface area (Å²) in [5.41, 5.74) is -0.427. The number of nitro benzene ring substituents is 1. The van der Waals surface area contributed by atoms with Crippen LogP contribution < -0.4 is 10.6 Å². The second kappa shape index (κ2) is 4.92. The number of benzene rings is 1. The number of nitrogens with zero attached hydrogens (tertiary/aromatic N) is 1. The number of anilines is 1. The van der Waals surface area contributed by atoms with Crippen LogP contribution >= 0.6 is 0 Å². The van der Waals surface area contributed by atoms with Gasteiger partial charge in [-0.05, 0) is 12.1 Å². The number of rotatable bonds is 4. The molecule has 8 heteroatoms. The fraction of sp³-hybridized carbons (Fsp3) is 0.273. The molecule has 1 aliphatic heterocycles.